The Kier molecular flexibility index (Phi) is 7.27. The Morgan fingerprint density at radius 2 is 1.07 bits per heavy atom. The summed E-state index contributed by atoms with van der Waals surface area (Å²) in [7, 11) is 0. The largest absolute Gasteiger partial charge is 0.293 e. The van der Waals surface area contributed by atoms with Gasteiger partial charge in [-0.3, -0.25) is 9.59 Å². The summed E-state index contributed by atoms with van der Waals surface area (Å²) in [6, 6.07) is 15.2. The van der Waals surface area contributed by atoms with Crippen LogP contribution in [0, 0.1) is 13.8 Å². The van der Waals surface area contributed by atoms with E-state index in [0.29, 0.717) is 11.1 Å². The number of aromatic nitrogens is 2. The van der Waals surface area contributed by atoms with E-state index in [1.165, 1.54) is 34.9 Å². The maximum Gasteiger partial charge on any atom is 0.175 e. The summed E-state index contributed by atoms with van der Waals surface area (Å²) in [6.07, 6.45) is 0. The average molecular weight is 443 g/mol. The topological polar surface area (TPSA) is 59.9 Å². The third-order valence-corrected chi connectivity index (χ3v) is 7.65. The highest BCUT2D eigenvalue weighted by Crippen LogP contribution is 2.34. The van der Waals surface area contributed by atoms with Crippen LogP contribution in [-0.4, -0.2) is 32.3 Å². The van der Waals surface area contributed by atoms with Crippen molar-refractivity contribution in [3.63, 3.8) is 0 Å². The molecular weight excluding hydrogens is 420 g/mol. The minimum Gasteiger partial charge on any atom is -0.293 e. The van der Waals surface area contributed by atoms with Crippen molar-refractivity contribution in [1.82, 2.24) is 10.2 Å². The number of carbonyl (C=O) groups is 2. The number of Topliss-reactive ketones (excluding diaryl/α,β-unsaturated/α-hetero) is 2. The van der Waals surface area contributed by atoms with Gasteiger partial charge in [-0.15, -0.1) is 10.2 Å². The van der Waals surface area contributed by atoms with E-state index in [1.807, 2.05) is 76.2 Å². The molecule has 0 radical (unpaired) electrons. The first-order valence-electron chi connectivity index (χ1n) is 9.22. The van der Waals surface area contributed by atoms with Gasteiger partial charge >= 0.3 is 0 Å². The lowest BCUT2D eigenvalue weighted by Crippen LogP contribution is -2.13. The van der Waals surface area contributed by atoms with Gasteiger partial charge in [-0.05, 0) is 27.7 Å². The molecule has 2 atom stereocenters. The second kappa shape index (κ2) is 9.69. The van der Waals surface area contributed by atoms with Gasteiger partial charge in [0.05, 0.1) is 10.5 Å². The van der Waals surface area contributed by atoms with Crippen LogP contribution < -0.4 is 0 Å². The van der Waals surface area contributed by atoms with Crippen molar-refractivity contribution < 1.29 is 9.59 Å². The average Bonchev–Trinajstić information content (AvgIpc) is 3.14. The number of rotatable bonds is 8. The molecule has 2 aromatic carbocycles. The van der Waals surface area contributed by atoms with Crippen LogP contribution in [0.25, 0.3) is 0 Å². The molecule has 0 aliphatic rings. The van der Waals surface area contributed by atoms with Crippen molar-refractivity contribution in [2.45, 2.75) is 46.9 Å². The lowest BCUT2D eigenvalue weighted by molar-refractivity contribution is 0.0986. The minimum atomic E-state index is -0.255. The van der Waals surface area contributed by atoms with E-state index in [1.54, 1.807) is 0 Å². The van der Waals surface area contributed by atoms with Gasteiger partial charge in [0.2, 0.25) is 0 Å². The smallest absolute Gasteiger partial charge is 0.175 e. The molecule has 1 aromatic heterocycles. The number of carbonyl (C=O) groups excluding carboxylic acids is 2. The predicted molar refractivity (Wildman–Crippen MR) is 122 cm³/mol. The van der Waals surface area contributed by atoms with E-state index < -0.39 is 0 Å². The van der Waals surface area contributed by atoms with E-state index in [2.05, 4.69) is 10.2 Å². The van der Waals surface area contributed by atoms with Crippen molar-refractivity contribution in [2.75, 3.05) is 0 Å². The Morgan fingerprint density at radius 1 is 0.724 bits per heavy atom. The highest BCUT2D eigenvalue weighted by Gasteiger charge is 2.21. The zero-order valence-corrected chi connectivity index (χ0v) is 19.2. The first kappa shape index (κ1) is 21.7. The number of ketones is 2. The molecule has 0 N–H and O–H groups in total. The number of hydrogen-bond acceptors (Lipinski definition) is 7. The van der Waals surface area contributed by atoms with Gasteiger partial charge in [-0.25, -0.2) is 0 Å². The van der Waals surface area contributed by atoms with E-state index in [0.717, 1.165) is 19.8 Å². The molecule has 0 bridgehead atoms. The molecule has 3 aromatic rings. The molecule has 150 valence electrons. The Hall–Kier alpha value is -1.96. The molecule has 2 unspecified atom stereocenters. The van der Waals surface area contributed by atoms with E-state index in [9.17, 15) is 9.59 Å². The zero-order valence-electron chi connectivity index (χ0n) is 16.7. The molecule has 0 spiro atoms. The number of aryl methyl sites for hydroxylation is 2. The van der Waals surface area contributed by atoms with Crippen molar-refractivity contribution >= 4 is 46.4 Å². The van der Waals surface area contributed by atoms with Crippen molar-refractivity contribution in [3.05, 3.63) is 70.8 Å². The van der Waals surface area contributed by atoms with Crippen LogP contribution in [0.15, 0.2) is 57.2 Å². The molecule has 0 fully saturated rings. The van der Waals surface area contributed by atoms with Crippen LogP contribution in [0.2, 0.25) is 0 Å². The second-order valence-corrected chi connectivity index (χ2v) is 11.0. The van der Waals surface area contributed by atoms with Crippen molar-refractivity contribution in [1.29, 1.82) is 0 Å². The lowest BCUT2D eigenvalue weighted by Gasteiger charge is -2.08. The number of thioether (sulfide) groups is 2. The fourth-order valence-electron chi connectivity index (χ4n) is 2.61. The Morgan fingerprint density at radius 3 is 1.41 bits per heavy atom. The summed E-state index contributed by atoms with van der Waals surface area (Å²) in [5, 5.41) is 7.87. The summed E-state index contributed by atoms with van der Waals surface area (Å²) in [5.74, 6) is 0.143. The van der Waals surface area contributed by atoms with Crippen LogP contribution >= 0.6 is 34.9 Å². The van der Waals surface area contributed by atoms with Crippen LogP contribution in [0.3, 0.4) is 0 Å². The third-order valence-electron chi connectivity index (χ3n) is 4.35. The number of hydrogen-bond donors (Lipinski definition) is 0. The summed E-state index contributed by atoms with van der Waals surface area (Å²) in [6.45, 7) is 7.75. The first-order chi connectivity index (χ1) is 13.8. The summed E-state index contributed by atoms with van der Waals surface area (Å²) < 4.78 is 1.46. The number of nitrogens with zero attached hydrogens (tertiary/aromatic N) is 2. The van der Waals surface area contributed by atoms with Crippen LogP contribution in [0.4, 0.5) is 0 Å². The first-order valence-corrected chi connectivity index (χ1v) is 11.8. The summed E-state index contributed by atoms with van der Waals surface area (Å²) >= 11 is 4.22. The van der Waals surface area contributed by atoms with Gasteiger partial charge in [0, 0.05) is 11.1 Å². The summed E-state index contributed by atoms with van der Waals surface area (Å²) in [4.78, 5) is 25.2. The highest BCUT2D eigenvalue weighted by molar-refractivity contribution is 8.04. The normalized spacial score (nSPS) is 13.1. The predicted octanol–water partition coefficient (Wildman–Crippen LogP) is 5.88. The van der Waals surface area contributed by atoms with Crippen molar-refractivity contribution in [2.24, 2.45) is 0 Å². The Bertz CT molecular complexity index is 918. The minimum absolute atomic E-state index is 0.0716. The molecule has 0 aliphatic heterocycles. The van der Waals surface area contributed by atoms with E-state index in [-0.39, 0.29) is 22.1 Å². The lowest BCUT2D eigenvalue weighted by atomic mass is 10.1. The quantitative estimate of drug-likeness (QED) is 0.321. The van der Waals surface area contributed by atoms with Gasteiger partial charge < -0.3 is 0 Å². The standard InChI is InChI=1S/C22H22N2O2S3/c1-13-5-9-17(10-6-13)19(25)15(3)27-21-23-24-22(29-21)28-16(4)20(26)18-11-7-14(2)8-12-18/h5-12,15-16H,1-4H3. The second-order valence-electron chi connectivity index (χ2n) is 6.81. The van der Waals surface area contributed by atoms with E-state index >= 15 is 0 Å². The van der Waals surface area contributed by atoms with Crippen LogP contribution in [-0.2, 0) is 0 Å². The van der Waals surface area contributed by atoms with E-state index in [4.69, 9.17) is 0 Å². The van der Waals surface area contributed by atoms with Crippen molar-refractivity contribution in [3.8, 4) is 0 Å². The van der Waals surface area contributed by atoms with Gasteiger partial charge in [-0.1, -0.05) is 94.5 Å². The highest BCUT2D eigenvalue weighted by atomic mass is 32.2. The van der Waals surface area contributed by atoms with Crippen LogP contribution in [0.1, 0.15) is 45.7 Å². The Balaban J connectivity index is 1.59. The van der Waals surface area contributed by atoms with Gasteiger partial charge in [0.15, 0.2) is 20.2 Å². The fraction of sp³-hybridized carbons (Fsp3) is 0.273. The molecule has 1 heterocycles. The van der Waals surface area contributed by atoms with Crippen LogP contribution in [0.5, 0.6) is 0 Å². The molecule has 0 amide bonds. The van der Waals surface area contributed by atoms with Gasteiger partial charge in [0.1, 0.15) is 0 Å². The SMILES string of the molecule is Cc1ccc(C(=O)C(C)Sc2nnc(SC(C)C(=O)c3ccc(C)cc3)s2)cc1. The third kappa shape index (κ3) is 5.78. The zero-order chi connectivity index (χ0) is 21.0. The maximum absolute atomic E-state index is 12.6. The maximum atomic E-state index is 12.6. The molecular formula is C22H22N2O2S3. The molecule has 7 heteroatoms. The molecule has 3 rings (SSSR count). The molecule has 0 saturated carbocycles. The van der Waals surface area contributed by atoms with Gasteiger partial charge in [0.25, 0.3) is 0 Å². The molecule has 0 saturated heterocycles. The molecule has 29 heavy (non-hydrogen) atoms. The molecule has 0 aliphatic carbocycles. The monoisotopic (exact) mass is 442 g/mol. The Labute approximate surface area is 183 Å². The molecule has 4 nitrogen and oxygen atoms in total. The fourth-order valence-corrected chi connectivity index (χ4v) is 6.07. The van der Waals surface area contributed by atoms with Gasteiger partial charge in [-0.2, -0.15) is 0 Å². The number of benzene rings is 2. The summed E-state index contributed by atoms with van der Waals surface area (Å²) in [5.41, 5.74) is 3.66.